The van der Waals surface area contributed by atoms with Crippen molar-refractivity contribution in [2.75, 3.05) is 0 Å². The summed E-state index contributed by atoms with van der Waals surface area (Å²) in [5.74, 6) is -0.567. The minimum Gasteiger partial charge on any atom is -0.487 e. The number of hydrogen-bond acceptors (Lipinski definition) is 4. The number of carbonyl (C=O) groups is 2. The maximum atomic E-state index is 10.8. The molecule has 2 rings (SSSR count). The number of nitrogens with zero attached hydrogens (tertiary/aromatic N) is 1. The van der Waals surface area contributed by atoms with Gasteiger partial charge in [-0.1, -0.05) is 12.1 Å². The van der Waals surface area contributed by atoms with Crippen LogP contribution in [0.3, 0.4) is 0 Å². The highest BCUT2D eigenvalue weighted by molar-refractivity contribution is 5.87. The highest BCUT2D eigenvalue weighted by Crippen LogP contribution is 2.15. The number of rotatable bonds is 5. The molecular weight excluding hydrogens is 246 g/mol. The minimum absolute atomic E-state index is 0.221. The van der Waals surface area contributed by atoms with Crippen LogP contribution < -0.4 is 4.74 Å². The summed E-state index contributed by atoms with van der Waals surface area (Å²) in [6, 6.07) is 9.68. The lowest BCUT2D eigenvalue weighted by Crippen LogP contribution is -2.01. The lowest BCUT2D eigenvalue weighted by molar-refractivity contribution is 0.0696. The Morgan fingerprint density at radius 1 is 1.26 bits per heavy atom. The number of carbonyl (C=O) groups excluding carboxylic acids is 1. The Hall–Kier alpha value is -2.69. The van der Waals surface area contributed by atoms with Crippen molar-refractivity contribution in [3.63, 3.8) is 0 Å². The van der Waals surface area contributed by atoms with Gasteiger partial charge in [0.2, 0.25) is 0 Å². The molecule has 1 aromatic heterocycles. The topological polar surface area (TPSA) is 76.5 Å². The number of aromatic nitrogens is 1. The summed E-state index contributed by atoms with van der Waals surface area (Å²) in [7, 11) is 0. The van der Waals surface area contributed by atoms with E-state index in [4.69, 9.17) is 9.84 Å². The fourth-order valence-electron chi connectivity index (χ4n) is 1.52. The second-order valence-corrected chi connectivity index (χ2v) is 3.80. The van der Waals surface area contributed by atoms with Crippen molar-refractivity contribution < 1.29 is 19.4 Å². The summed E-state index contributed by atoms with van der Waals surface area (Å²) < 4.78 is 5.47. The molecule has 0 amide bonds. The summed E-state index contributed by atoms with van der Waals surface area (Å²) in [4.78, 5) is 25.3. The van der Waals surface area contributed by atoms with Gasteiger partial charge in [0.15, 0.2) is 6.29 Å². The zero-order valence-corrected chi connectivity index (χ0v) is 9.95. The standard InChI is InChI=1S/C14H11NO4/c16-8-12-13(2-1-7-15-12)19-9-10-3-5-11(6-4-10)14(17)18/h1-8H,9H2,(H,17,18). The molecule has 1 N–H and O–H groups in total. The molecule has 0 aliphatic carbocycles. The normalized spacial score (nSPS) is 9.89. The van der Waals surface area contributed by atoms with Gasteiger partial charge in [-0.25, -0.2) is 9.78 Å². The molecule has 96 valence electrons. The third-order valence-corrected chi connectivity index (χ3v) is 2.51. The largest absolute Gasteiger partial charge is 0.487 e. The molecule has 0 spiro atoms. The van der Waals surface area contributed by atoms with E-state index in [1.165, 1.54) is 18.3 Å². The maximum Gasteiger partial charge on any atom is 0.335 e. The summed E-state index contributed by atoms with van der Waals surface area (Å²) in [5, 5.41) is 8.77. The van der Waals surface area contributed by atoms with Gasteiger partial charge in [-0.15, -0.1) is 0 Å². The van der Waals surface area contributed by atoms with Crippen LogP contribution in [0.5, 0.6) is 5.75 Å². The van der Waals surface area contributed by atoms with Gasteiger partial charge in [-0.3, -0.25) is 4.79 Å². The number of benzene rings is 1. The minimum atomic E-state index is -0.969. The molecule has 0 fully saturated rings. The van der Waals surface area contributed by atoms with E-state index in [9.17, 15) is 9.59 Å². The molecule has 1 heterocycles. The van der Waals surface area contributed by atoms with Gasteiger partial charge in [-0.2, -0.15) is 0 Å². The van der Waals surface area contributed by atoms with Gasteiger partial charge in [0.25, 0.3) is 0 Å². The molecule has 5 nitrogen and oxygen atoms in total. The molecule has 5 heteroatoms. The first-order chi connectivity index (χ1) is 9.20. The van der Waals surface area contributed by atoms with E-state index < -0.39 is 5.97 Å². The predicted octanol–water partition coefficient (Wildman–Crippen LogP) is 2.17. The van der Waals surface area contributed by atoms with Crippen LogP contribution in [0.1, 0.15) is 26.4 Å². The van der Waals surface area contributed by atoms with Crippen LogP contribution in [0.15, 0.2) is 42.6 Å². The van der Waals surface area contributed by atoms with Gasteiger partial charge in [0.05, 0.1) is 5.56 Å². The molecule has 0 saturated heterocycles. The average molecular weight is 257 g/mol. The lowest BCUT2D eigenvalue weighted by Gasteiger charge is -2.07. The summed E-state index contributed by atoms with van der Waals surface area (Å²) >= 11 is 0. The Kier molecular flexibility index (Phi) is 3.87. The van der Waals surface area contributed by atoms with E-state index in [1.54, 1.807) is 24.3 Å². The van der Waals surface area contributed by atoms with Gasteiger partial charge < -0.3 is 9.84 Å². The third-order valence-electron chi connectivity index (χ3n) is 2.51. The van der Waals surface area contributed by atoms with Crippen molar-refractivity contribution in [3.05, 3.63) is 59.4 Å². The SMILES string of the molecule is O=Cc1ncccc1OCc1ccc(C(=O)O)cc1. The monoisotopic (exact) mass is 257 g/mol. The van der Waals surface area contributed by atoms with Crippen molar-refractivity contribution in [1.29, 1.82) is 0 Å². The number of pyridine rings is 1. The first-order valence-corrected chi connectivity index (χ1v) is 5.56. The number of carboxylic acids is 1. The van der Waals surface area contributed by atoms with E-state index >= 15 is 0 Å². The van der Waals surface area contributed by atoms with Crippen molar-refractivity contribution in [1.82, 2.24) is 4.98 Å². The Bertz CT molecular complexity index is 593. The van der Waals surface area contributed by atoms with E-state index in [1.807, 2.05) is 0 Å². The fraction of sp³-hybridized carbons (Fsp3) is 0.0714. The number of aldehydes is 1. The van der Waals surface area contributed by atoms with Crippen molar-refractivity contribution in [2.24, 2.45) is 0 Å². The van der Waals surface area contributed by atoms with Gasteiger partial charge in [0, 0.05) is 6.20 Å². The van der Waals surface area contributed by atoms with Crippen LogP contribution in [-0.4, -0.2) is 22.3 Å². The Morgan fingerprint density at radius 2 is 2.00 bits per heavy atom. The highest BCUT2D eigenvalue weighted by Gasteiger charge is 2.05. The highest BCUT2D eigenvalue weighted by atomic mass is 16.5. The van der Waals surface area contributed by atoms with Crippen molar-refractivity contribution in [3.8, 4) is 5.75 Å². The summed E-state index contributed by atoms with van der Waals surface area (Å²) in [6.45, 7) is 0.242. The summed E-state index contributed by atoms with van der Waals surface area (Å²) in [5.41, 5.74) is 1.27. The molecular formula is C14H11NO4. The molecule has 0 aliphatic heterocycles. The second-order valence-electron chi connectivity index (χ2n) is 3.80. The van der Waals surface area contributed by atoms with Gasteiger partial charge in [0.1, 0.15) is 18.1 Å². The third kappa shape index (κ3) is 3.16. The Balaban J connectivity index is 2.06. The van der Waals surface area contributed by atoms with Crippen LogP contribution in [0.25, 0.3) is 0 Å². The summed E-state index contributed by atoms with van der Waals surface area (Å²) in [6.07, 6.45) is 2.14. The van der Waals surface area contributed by atoms with Crippen molar-refractivity contribution >= 4 is 12.3 Å². The van der Waals surface area contributed by atoms with Crippen LogP contribution in [-0.2, 0) is 6.61 Å². The van der Waals surface area contributed by atoms with Crippen molar-refractivity contribution in [2.45, 2.75) is 6.61 Å². The van der Waals surface area contributed by atoms with Crippen LogP contribution in [0, 0.1) is 0 Å². The number of aromatic carboxylic acids is 1. The second kappa shape index (κ2) is 5.77. The fourth-order valence-corrected chi connectivity index (χ4v) is 1.52. The predicted molar refractivity (Wildman–Crippen MR) is 67.4 cm³/mol. The molecule has 0 atom stereocenters. The maximum absolute atomic E-state index is 10.8. The number of ether oxygens (including phenoxy) is 1. The Morgan fingerprint density at radius 3 is 2.63 bits per heavy atom. The average Bonchev–Trinajstić information content (AvgIpc) is 2.45. The van der Waals surface area contributed by atoms with Crippen LogP contribution in [0.2, 0.25) is 0 Å². The molecule has 0 bridgehead atoms. The van der Waals surface area contributed by atoms with Crippen LogP contribution >= 0.6 is 0 Å². The number of carboxylic acid groups (broad SMARTS) is 1. The molecule has 0 saturated carbocycles. The van der Waals surface area contributed by atoms with E-state index in [0.29, 0.717) is 12.0 Å². The van der Waals surface area contributed by atoms with E-state index in [-0.39, 0.29) is 17.9 Å². The quantitative estimate of drug-likeness (QED) is 0.831. The lowest BCUT2D eigenvalue weighted by atomic mass is 10.1. The smallest absolute Gasteiger partial charge is 0.335 e. The first-order valence-electron chi connectivity index (χ1n) is 5.56. The van der Waals surface area contributed by atoms with Crippen LogP contribution in [0.4, 0.5) is 0 Å². The zero-order valence-electron chi connectivity index (χ0n) is 9.95. The Labute approximate surface area is 109 Å². The molecule has 19 heavy (non-hydrogen) atoms. The first kappa shape index (κ1) is 12.8. The van der Waals surface area contributed by atoms with E-state index in [2.05, 4.69) is 4.98 Å². The molecule has 2 aromatic rings. The molecule has 0 unspecified atom stereocenters. The number of hydrogen-bond donors (Lipinski definition) is 1. The van der Waals surface area contributed by atoms with Gasteiger partial charge in [-0.05, 0) is 29.8 Å². The van der Waals surface area contributed by atoms with Gasteiger partial charge >= 0.3 is 5.97 Å². The molecule has 0 radical (unpaired) electrons. The molecule has 0 aliphatic rings. The van der Waals surface area contributed by atoms with E-state index in [0.717, 1.165) is 5.56 Å². The zero-order chi connectivity index (χ0) is 13.7. The molecule has 1 aromatic carbocycles.